The van der Waals surface area contributed by atoms with Gasteiger partial charge in [-0.1, -0.05) is 18.2 Å². The van der Waals surface area contributed by atoms with Crippen molar-refractivity contribution in [1.82, 2.24) is 4.90 Å². The number of ether oxygens (including phenoxy) is 1. The topological polar surface area (TPSA) is 12.5 Å². The van der Waals surface area contributed by atoms with E-state index >= 15 is 0 Å². The number of hydrogen-bond acceptors (Lipinski definition) is 3. The van der Waals surface area contributed by atoms with Gasteiger partial charge < -0.3 is 4.74 Å². The van der Waals surface area contributed by atoms with Crippen molar-refractivity contribution in [3.05, 3.63) is 30.3 Å². The Morgan fingerprint density at radius 3 is 2.47 bits per heavy atom. The van der Waals surface area contributed by atoms with Crippen molar-refractivity contribution >= 4 is 11.8 Å². The van der Waals surface area contributed by atoms with Gasteiger partial charge in [0.05, 0.1) is 12.2 Å². The fraction of sp³-hybridized carbons (Fsp3) is 0.571. The van der Waals surface area contributed by atoms with Gasteiger partial charge in [0.15, 0.2) is 0 Å². The molecule has 2 nitrogen and oxygen atoms in total. The first kappa shape index (κ1) is 12.9. The van der Waals surface area contributed by atoms with Crippen LogP contribution in [0.25, 0.3) is 0 Å². The number of nitrogens with zero attached hydrogens (tertiary/aromatic N) is 1. The van der Waals surface area contributed by atoms with Crippen molar-refractivity contribution in [2.75, 3.05) is 25.4 Å². The maximum Gasteiger partial charge on any atom is 0.0678 e. The quantitative estimate of drug-likeness (QED) is 0.764. The average molecular weight is 251 g/mol. The SMILES string of the molecule is C[C@H]1CN(CCSc2ccccc2)C[C@H](C)O1. The molecule has 0 N–H and O–H groups in total. The molecule has 1 saturated heterocycles. The molecule has 0 radical (unpaired) electrons. The first-order valence-electron chi connectivity index (χ1n) is 6.29. The van der Waals surface area contributed by atoms with Crippen LogP contribution in [-0.4, -0.2) is 42.5 Å². The molecule has 1 aliphatic rings. The standard InChI is InChI=1S/C14H21NOS/c1-12-10-15(11-13(2)16-12)8-9-17-14-6-4-3-5-7-14/h3-7,12-13H,8-11H2,1-2H3/t12-,13-/m0/s1. The van der Waals surface area contributed by atoms with Crippen LogP contribution in [0.15, 0.2) is 35.2 Å². The van der Waals surface area contributed by atoms with E-state index in [-0.39, 0.29) is 0 Å². The highest BCUT2D eigenvalue weighted by molar-refractivity contribution is 7.99. The molecule has 1 aromatic carbocycles. The summed E-state index contributed by atoms with van der Waals surface area (Å²) in [4.78, 5) is 3.87. The van der Waals surface area contributed by atoms with Gasteiger partial charge in [-0.2, -0.15) is 0 Å². The summed E-state index contributed by atoms with van der Waals surface area (Å²) in [5.74, 6) is 1.16. The minimum Gasteiger partial charge on any atom is -0.373 e. The van der Waals surface area contributed by atoms with Crippen LogP contribution < -0.4 is 0 Å². The lowest BCUT2D eigenvalue weighted by Crippen LogP contribution is -2.46. The average Bonchev–Trinajstić information content (AvgIpc) is 2.29. The normalized spacial score (nSPS) is 26.0. The number of rotatable bonds is 4. The monoisotopic (exact) mass is 251 g/mol. The largest absolute Gasteiger partial charge is 0.373 e. The Hall–Kier alpha value is -0.510. The summed E-state index contributed by atoms with van der Waals surface area (Å²) in [5, 5.41) is 0. The molecule has 1 heterocycles. The lowest BCUT2D eigenvalue weighted by Gasteiger charge is -2.35. The molecule has 3 heteroatoms. The minimum absolute atomic E-state index is 0.375. The van der Waals surface area contributed by atoms with E-state index in [0.29, 0.717) is 12.2 Å². The van der Waals surface area contributed by atoms with Crippen LogP contribution in [0.3, 0.4) is 0 Å². The predicted molar refractivity (Wildman–Crippen MR) is 73.6 cm³/mol. The van der Waals surface area contributed by atoms with Crippen molar-refractivity contribution < 1.29 is 4.74 Å². The lowest BCUT2D eigenvalue weighted by atomic mass is 10.2. The Morgan fingerprint density at radius 2 is 1.82 bits per heavy atom. The van der Waals surface area contributed by atoms with Crippen LogP contribution in [0.4, 0.5) is 0 Å². The summed E-state index contributed by atoms with van der Waals surface area (Å²) in [5.41, 5.74) is 0. The van der Waals surface area contributed by atoms with Crippen LogP contribution in [-0.2, 0) is 4.74 Å². The van der Waals surface area contributed by atoms with E-state index in [2.05, 4.69) is 49.1 Å². The van der Waals surface area contributed by atoms with Crippen molar-refractivity contribution in [2.24, 2.45) is 0 Å². The fourth-order valence-electron chi connectivity index (χ4n) is 2.28. The van der Waals surface area contributed by atoms with Gasteiger partial charge in [0.1, 0.15) is 0 Å². The number of thioether (sulfide) groups is 1. The van der Waals surface area contributed by atoms with Crippen LogP contribution in [0.2, 0.25) is 0 Å². The first-order valence-corrected chi connectivity index (χ1v) is 7.28. The zero-order chi connectivity index (χ0) is 12.1. The van der Waals surface area contributed by atoms with E-state index < -0.39 is 0 Å². The Balaban J connectivity index is 1.71. The zero-order valence-electron chi connectivity index (χ0n) is 10.6. The molecule has 0 amide bonds. The van der Waals surface area contributed by atoms with Gasteiger partial charge in [-0.05, 0) is 26.0 Å². The van der Waals surface area contributed by atoms with E-state index in [0.717, 1.165) is 25.4 Å². The predicted octanol–water partition coefficient (Wildman–Crippen LogP) is 2.89. The van der Waals surface area contributed by atoms with Gasteiger partial charge in [-0.3, -0.25) is 4.90 Å². The summed E-state index contributed by atoms with van der Waals surface area (Å²) in [6.45, 7) is 7.61. The van der Waals surface area contributed by atoms with Crippen LogP contribution >= 0.6 is 11.8 Å². The molecule has 2 rings (SSSR count). The van der Waals surface area contributed by atoms with Gasteiger partial charge in [-0.25, -0.2) is 0 Å². The highest BCUT2D eigenvalue weighted by atomic mass is 32.2. The molecule has 0 bridgehead atoms. The Labute approximate surface area is 108 Å². The summed E-state index contributed by atoms with van der Waals surface area (Å²) in [6, 6.07) is 10.6. The molecule has 0 unspecified atom stereocenters. The number of hydrogen-bond donors (Lipinski definition) is 0. The van der Waals surface area contributed by atoms with Crippen LogP contribution in [0, 0.1) is 0 Å². The Bertz CT molecular complexity index is 320. The molecule has 0 saturated carbocycles. The molecule has 2 atom stereocenters. The van der Waals surface area contributed by atoms with Gasteiger partial charge in [0, 0.05) is 30.3 Å². The molecule has 17 heavy (non-hydrogen) atoms. The van der Waals surface area contributed by atoms with Gasteiger partial charge in [0.2, 0.25) is 0 Å². The third-order valence-electron chi connectivity index (χ3n) is 2.91. The smallest absolute Gasteiger partial charge is 0.0678 e. The molecule has 1 aromatic rings. The Kier molecular flexibility index (Phi) is 4.89. The van der Waals surface area contributed by atoms with Gasteiger partial charge >= 0.3 is 0 Å². The summed E-state index contributed by atoms with van der Waals surface area (Å²) >= 11 is 1.93. The van der Waals surface area contributed by atoms with E-state index in [9.17, 15) is 0 Å². The highest BCUT2D eigenvalue weighted by Crippen LogP contribution is 2.18. The second-order valence-electron chi connectivity index (χ2n) is 4.68. The van der Waals surface area contributed by atoms with E-state index in [1.54, 1.807) is 0 Å². The fourth-order valence-corrected chi connectivity index (χ4v) is 3.21. The maximum atomic E-state index is 5.73. The second-order valence-corrected chi connectivity index (χ2v) is 5.85. The van der Waals surface area contributed by atoms with Crippen molar-refractivity contribution in [2.45, 2.75) is 31.0 Å². The molecular formula is C14H21NOS. The van der Waals surface area contributed by atoms with Gasteiger partial charge in [-0.15, -0.1) is 11.8 Å². The number of morpholine rings is 1. The summed E-state index contributed by atoms with van der Waals surface area (Å²) in [7, 11) is 0. The third-order valence-corrected chi connectivity index (χ3v) is 3.91. The molecule has 94 valence electrons. The summed E-state index contributed by atoms with van der Waals surface area (Å²) in [6.07, 6.45) is 0.751. The lowest BCUT2D eigenvalue weighted by molar-refractivity contribution is -0.0661. The molecule has 0 aromatic heterocycles. The van der Waals surface area contributed by atoms with Crippen molar-refractivity contribution in [3.63, 3.8) is 0 Å². The van der Waals surface area contributed by atoms with Crippen molar-refractivity contribution in [1.29, 1.82) is 0 Å². The maximum absolute atomic E-state index is 5.73. The van der Waals surface area contributed by atoms with E-state index in [1.165, 1.54) is 4.90 Å². The molecule has 1 fully saturated rings. The van der Waals surface area contributed by atoms with E-state index in [1.807, 2.05) is 11.8 Å². The van der Waals surface area contributed by atoms with E-state index in [4.69, 9.17) is 4.74 Å². The molecule has 0 aliphatic carbocycles. The van der Waals surface area contributed by atoms with Crippen molar-refractivity contribution in [3.8, 4) is 0 Å². The molecular weight excluding hydrogens is 230 g/mol. The zero-order valence-corrected chi connectivity index (χ0v) is 11.5. The Morgan fingerprint density at radius 1 is 1.18 bits per heavy atom. The van der Waals surface area contributed by atoms with Crippen LogP contribution in [0.1, 0.15) is 13.8 Å². The molecule has 0 spiro atoms. The highest BCUT2D eigenvalue weighted by Gasteiger charge is 2.21. The van der Waals surface area contributed by atoms with Crippen LogP contribution in [0.5, 0.6) is 0 Å². The first-order chi connectivity index (χ1) is 8.24. The van der Waals surface area contributed by atoms with Gasteiger partial charge in [0.25, 0.3) is 0 Å². The second kappa shape index (κ2) is 6.43. The minimum atomic E-state index is 0.375. The number of benzene rings is 1. The summed E-state index contributed by atoms with van der Waals surface area (Å²) < 4.78 is 5.73. The third kappa shape index (κ3) is 4.34. The molecule has 1 aliphatic heterocycles.